The van der Waals surface area contributed by atoms with Gasteiger partial charge in [0.15, 0.2) is 0 Å². The fourth-order valence-corrected chi connectivity index (χ4v) is 2.95. The van der Waals surface area contributed by atoms with Crippen LogP contribution in [0.15, 0.2) is 24.3 Å². The van der Waals surface area contributed by atoms with Gasteiger partial charge in [-0.15, -0.1) is 0 Å². The van der Waals surface area contributed by atoms with E-state index in [1.807, 2.05) is 0 Å². The van der Waals surface area contributed by atoms with E-state index in [0.29, 0.717) is 13.1 Å². The Bertz CT molecular complexity index is 851. The molecule has 2 heterocycles. The Morgan fingerprint density at radius 3 is 1.97 bits per heavy atom. The molecule has 2 aromatic rings. The van der Waals surface area contributed by atoms with E-state index in [0.717, 1.165) is 37.8 Å². The SMILES string of the molecule is Fc1ccc(Nc2nc(OC(C(F)(F)F)C(F)(F)F)nc(N3CCCCCC3)n2)cc1. The van der Waals surface area contributed by atoms with E-state index >= 15 is 0 Å². The van der Waals surface area contributed by atoms with E-state index in [-0.39, 0.29) is 17.6 Å². The molecule has 1 aromatic heterocycles. The molecule has 1 fully saturated rings. The van der Waals surface area contributed by atoms with Crippen LogP contribution in [0.25, 0.3) is 0 Å². The fourth-order valence-electron chi connectivity index (χ4n) is 2.95. The highest BCUT2D eigenvalue weighted by Crippen LogP contribution is 2.36. The third-order valence-electron chi connectivity index (χ3n) is 4.41. The minimum Gasteiger partial charge on any atom is -0.440 e. The lowest BCUT2D eigenvalue weighted by Crippen LogP contribution is -2.47. The van der Waals surface area contributed by atoms with E-state index in [4.69, 9.17) is 0 Å². The third kappa shape index (κ3) is 6.31. The predicted octanol–water partition coefficient (Wildman–Crippen LogP) is 5.01. The molecule has 0 saturated carbocycles. The number of hydrogen-bond acceptors (Lipinski definition) is 6. The van der Waals surface area contributed by atoms with Gasteiger partial charge in [-0.05, 0) is 37.1 Å². The molecule has 170 valence electrons. The maximum absolute atomic E-state index is 13.1. The summed E-state index contributed by atoms with van der Waals surface area (Å²) in [6, 6.07) is 3.71. The largest absolute Gasteiger partial charge is 0.440 e. The quantitative estimate of drug-likeness (QED) is 0.643. The van der Waals surface area contributed by atoms with Crippen LogP contribution in [-0.4, -0.2) is 46.5 Å². The average Bonchev–Trinajstić information content (AvgIpc) is 2.96. The number of benzene rings is 1. The van der Waals surface area contributed by atoms with Crippen molar-refractivity contribution in [3.63, 3.8) is 0 Å². The van der Waals surface area contributed by atoms with Gasteiger partial charge in [0, 0.05) is 18.8 Å². The molecule has 0 bridgehead atoms. The van der Waals surface area contributed by atoms with Crippen molar-refractivity contribution in [2.24, 2.45) is 0 Å². The zero-order chi connectivity index (χ0) is 22.6. The molecule has 0 aliphatic carbocycles. The third-order valence-corrected chi connectivity index (χ3v) is 4.41. The molecule has 0 atom stereocenters. The summed E-state index contributed by atoms with van der Waals surface area (Å²) >= 11 is 0. The van der Waals surface area contributed by atoms with Crippen LogP contribution in [0, 0.1) is 5.82 Å². The van der Waals surface area contributed by atoms with Crippen molar-refractivity contribution in [2.75, 3.05) is 23.3 Å². The summed E-state index contributed by atoms with van der Waals surface area (Å²) in [4.78, 5) is 13.0. The van der Waals surface area contributed by atoms with Crippen LogP contribution in [0.4, 0.5) is 48.3 Å². The zero-order valence-corrected chi connectivity index (χ0v) is 16.0. The molecule has 0 radical (unpaired) electrons. The Kier molecular flexibility index (Phi) is 6.70. The van der Waals surface area contributed by atoms with Crippen LogP contribution >= 0.6 is 0 Å². The van der Waals surface area contributed by atoms with Crippen molar-refractivity contribution in [3.05, 3.63) is 30.1 Å². The number of rotatable bonds is 5. The summed E-state index contributed by atoms with van der Waals surface area (Å²) in [5.74, 6) is -0.979. The average molecular weight is 453 g/mol. The van der Waals surface area contributed by atoms with Crippen LogP contribution in [0.1, 0.15) is 25.7 Å². The minimum absolute atomic E-state index is 0.111. The van der Waals surface area contributed by atoms with Gasteiger partial charge in [-0.3, -0.25) is 0 Å². The lowest BCUT2D eigenvalue weighted by molar-refractivity contribution is -0.301. The highest BCUT2D eigenvalue weighted by Gasteiger charge is 2.59. The van der Waals surface area contributed by atoms with Gasteiger partial charge in [0.1, 0.15) is 5.82 Å². The van der Waals surface area contributed by atoms with Crippen LogP contribution in [0.3, 0.4) is 0 Å². The topological polar surface area (TPSA) is 63.2 Å². The molecule has 1 saturated heterocycles. The minimum atomic E-state index is -5.72. The van der Waals surface area contributed by atoms with Gasteiger partial charge < -0.3 is 15.0 Å². The molecule has 0 unspecified atom stereocenters. The fraction of sp³-hybridized carbons (Fsp3) is 0.500. The van der Waals surface area contributed by atoms with Crippen molar-refractivity contribution >= 4 is 17.6 Å². The first-order valence-electron chi connectivity index (χ1n) is 9.36. The summed E-state index contributed by atoms with van der Waals surface area (Å²) in [7, 11) is 0. The van der Waals surface area contributed by atoms with Gasteiger partial charge in [-0.1, -0.05) is 12.8 Å². The Morgan fingerprint density at radius 2 is 1.42 bits per heavy atom. The first-order valence-corrected chi connectivity index (χ1v) is 9.36. The van der Waals surface area contributed by atoms with Gasteiger partial charge >= 0.3 is 18.4 Å². The Balaban J connectivity index is 1.96. The van der Waals surface area contributed by atoms with Gasteiger partial charge in [-0.25, -0.2) is 4.39 Å². The van der Waals surface area contributed by atoms with E-state index < -0.39 is 30.3 Å². The Labute approximate surface area is 172 Å². The number of hydrogen-bond donors (Lipinski definition) is 1. The van der Waals surface area contributed by atoms with Gasteiger partial charge in [0.05, 0.1) is 0 Å². The monoisotopic (exact) mass is 453 g/mol. The summed E-state index contributed by atoms with van der Waals surface area (Å²) in [6.45, 7) is 0.947. The Morgan fingerprint density at radius 1 is 0.839 bits per heavy atom. The van der Waals surface area contributed by atoms with Crippen LogP contribution in [0.2, 0.25) is 0 Å². The highest BCUT2D eigenvalue weighted by molar-refractivity contribution is 5.54. The second-order valence-electron chi connectivity index (χ2n) is 6.86. The number of ether oxygens (including phenoxy) is 1. The van der Waals surface area contributed by atoms with Gasteiger partial charge in [0.2, 0.25) is 11.9 Å². The van der Waals surface area contributed by atoms with E-state index in [1.54, 1.807) is 4.90 Å². The summed E-state index contributed by atoms with van der Waals surface area (Å²) in [5.41, 5.74) is 0.267. The summed E-state index contributed by atoms with van der Waals surface area (Å²) in [6.07, 6.45) is -12.2. The lowest BCUT2D eigenvalue weighted by atomic mass is 10.2. The molecular formula is C18H18F7N5O. The van der Waals surface area contributed by atoms with Crippen molar-refractivity contribution in [2.45, 2.75) is 44.1 Å². The van der Waals surface area contributed by atoms with Gasteiger partial charge in [-0.2, -0.15) is 41.3 Å². The van der Waals surface area contributed by atoms with Crippen molar-refractivity contribution in [1.29, 1.82) is 0 Å². The maximum Gasteiger partial charge on any atom is 0.434 e. The van der Waals surface area contributed by atoms with E-state index in [1.165, 1.54) is 12.1 Å². The molecule has 6 nitrogen and oxygen atoms in total. The molecule has 3 rings (SSSR count). The number of nitrogens with one attached hydrogen (secondary N) is 1. The van der Waals surface area contributed by atoms with Crippen molar-refractivity contribution in [1.82, 2.24) is 15.0 Å². The lowest BCUT2D eigenvalue weighted by Gasteiger charge is -2.24. The Hall–Kier alpha value is -2.86. The number of aromatic nitrogens is 3. The number of nitrogens with zero attached hydrogens (tertiary/aromatic N) is 4. The molecule has 1 aromatic carbocycles. The van der Waals surface area contributed by atoms with Gasteiger partial charge in [0.25, 0.3) is 6.10 Å². The van der Waals surface area contributed by atoms with E-state index in [9.17, 15) is 30.7 Å². The molecule has 31 heavy (non-hydrogen) atoms. The zero-order valence-electron chi connectivity index (χ0n) is 16.0. The number of alkyl halides is 6. The first-order chi connectivity index (χ1) is 14.5. The van der Waals surface area contributed by atoms with Crippen molar-refractivity contribution < 1.29 is 35.5 Å². The highest BCUT2D eigenvalue weighted by atomic mass is 19.4. The summed E-state index contributed by atoms with van der Waals surface area (Å²) in [5, 5.41) is 2.62. The normalized spacial score (nSPS) is 15.7. The predicted molar refractivity (Wildman–Crippen MR) is 96.7 cm³/mol. The van der Waals surface area contributed by atoms with Crippen LogP contribution in [0.5, 0.6) is 6.01 Å². The molecule has 1 aliphatic rings. The maximum atomic E-state index is 13.1. The summed E-state index contributed by atoms with van der Waals surface area (Å²) < 4.78 is 94.8. The molecule has 13 heteroatoms. The molecule has 0 amide bonds. The molecule has 1 N–H and O–H groups in total. The molecule has 1 aliphatic heterocycles. The smallest absolute Gasteiger partial charge is 0.434 e. The molecule has 0 spiro atoms. The number of anilines is 3. The van der Waals surface area contributed by atoms with E-state index in [2.05, 4.69) is 25.0 Å². The number of halogens is 7. The standard InChI is InChI=1S/C18H18F7N5O/c19-11-5-7-12(8-6-11)26-14-27-15(30-9-3-1-2-4-10-30)29-16(28-14)31-13(17(20,21)22)18(23,24)25/h5-8,13H,1-4,9-10H2,(H,26,27,28,29). The second kappa shape index (κ2) is 9.10. The molecular weight excluding hydrogens is 435 g/mol. The first kappa shape index (κ1) is 22.8. The van der Waals surface area contributed by atoms with Crippen molar-refractivity contribution in [3.8, 4) is 6.01 Å². The second-order valence-corrected chi connectivity index (χ2v) is 6.86. The van der Waals surface area contributed by atoms with Crippen LogP contribution in [-0.2, 0) is 0 Å². The van der Waals surface area contributed by atoms with Crippen LogP contribution < -0.4 is 15.0 Å².